The Bertz CT molecular complexity index is 538. The van der Waals surface area contributed by atoms with Gasteiger partial charge in [-0.1, -0.05) is 18.2 Å². The van der Waals surface area contributed by atoms with Crippen LogP contribution in [0.15, 0.2) is 24.3 Å². The van der Waals surface area contributed by atoms with E-state index in [9.17, 15) is 9.59 Å². The van der Waals surface area contributed by atoms with Gasteiger partial charge in [-0.2, -0.15) is 0 Å². The normalized spacial score (nSPS) is 23.9. The predicted molar refractivity (Wildman–Crippen MR) is 74.6 cm³/mol. The van der Waals surface area contributed by atoms with E-state index < -0.39 is 5.97 Å². The van der Waals surface area contributed by atoms with Gasteiger partial charge in [-0.15, -0.1) is 0 Å². The van der Waals surface area contributed by atoms with E-state index in [0.717, 1.165) is 18.7 Å². The molecule has 1 fully saturated rings. The van der Waals surface area contributed by atoms with Gasteiger partial charge >= 0.3 is 5.97 Å². The molecular formula is C15H18N2O3. The minimum Gasteiger partial charge on any atom is -0.481 e. The van der Waals surface area contributed by atoms with Gasteiger partial charge in [0.05, 0.1) is 12.5 Å². The van der Waals surface area contributed by atoms with Crippen molar-refractivity contribution < 1.29 is 14.7 Å². The lowest BCUT2D eigenvalue weighted by Gasteiger charge is -2.33. The molecule has 0 radical (unpaired) electrons. The molecule has 2 aliphatic rings. The van der Waals surface area contributed by atoms with Crippen molar-refractivity contribution in [2.24, 2.45) is 5.92 Å². The summed E-state index contributed by atoms with van der Waals surface area (Å²) in [4.78, 5) is 24.8. The predicted octanol–water partition coefficient (Wildman–Crippen LogP) is 1.03. The van der Waals surface area contributed by atoms with Crippen molar-refractivity contribution in [3.63, 3.8) is 0 Å². The van der Waals surface area contributed by atoms with Gasteiger partial charge in [0.25, 0.3) is 0 Å². The van der Waals surface area contributed by atoms with E-state index in [1.807, 2.05) is 18.2 Å². The molecule has 1 amide bonds. The highest BCUT2D eigenvalue weighted by Gasteiger charge is 2.35. The van der Waals surface area contributed by atoms with Crippen LogP contribution in [0.1, 0.15) is 18.4 Å². The van der Waals surface area contributed by atoms with E-state index in [4.69, 9.17) is 5.11 Å². The number of amides is 1. The average molecular weight is 274 g/mol. The number of carbonyl (C=O) groups is 2. The Hall–Kier alpha value is -2.04. The maximum absolute atomic E-state index is 12.0. The summed E-state index contributed by atoms with van der Waals surface area (Å²) < 4.78 is 0. The number of fused-ring (bicyclic) bond motifs is 1. The number of para-hydroxylation sites is 1. The molecule has 106 valence electrons. The molecule has 0 spiro atoms. The molecule has 5 nitrogen and oxygen atoms in total. The molecule has 0 aromatic heterocycles. The molecule has 1 aliphatic carbocycles. The summed E-state index contributed by atoms with van der Waals surface area (Å²) in [6.07, 6.45) is 2.09. The number of nitrogens with zero attached hydrogens (tertiary/aromatic N) is 1. The molecule has 2 N–H and O–H groups in total. The number of benzene rings is 1. The molecule has 1 aromatic rings. The van der Waals surface area contributed by atoms with Gasteiger partial charge in [0.2, 0.25) is 5.91 Å². The second-order valence-corrected chi connectivity index (χ2v) is 5.57. The van der Waals surface area contributed by atoms with Crippen LogP contribution in [0.5, 0.6) is 0 Å². The van der Waals surface area contributed by atoms with Crippen LogP contribution >= 0.6 is 0 Å². The second-order valence-electron chi connectivity index (χ2n) is 5.57. The van der Waals surface area contributed by atoms with Crippen LogP contribution in [0, 0.1) is 5.92 Å². The lowest BCUT2D eigenvalue weighted by atomic mass is 9.80. The van der Waals surface area contributed by atoms with Crippen LogP contribution in [0.3, 0.4) is 0 Å². The molecule has 1 aliphatic heterocycles. The Morgan fingerprint density at radius 1 is 1.30 bits per heavy atom. The third-order valence-corrected chi connectivity index (χ3v) is 4.17. The van der Waals surface area contributed by atoms with E-state index >= 15 is 0 Å². The number of nitrogens with one attached hydrogen (secondary N) is 1. The van der Waals surface area contributed by atoms with Crippen molar-refractivity contribution in [1.82, 2.24) is 5.32 Å². The topological polar surface area (TPSA) is 69.6 Å². The number of carboxylic acid groups (broad SMARTS) is 1. The summed E-state index contributed by atoms with van der Waals surface area (Å²) in [5.74, 6) is -1.06. The molecular weight excluding hydrogens is 256 g/mol. The lowest BCUT2D eigenvalue weighted by molar-refractivity contribution is -0.146. The monoisotopic (exact) mass is 274 g/mol. The fourth-order valence-corrected chi connectivity index (χ4v) is 2.95. The van der Waals surface area contributed by atoms with Crippen molar-refractivity contribution in [1.29, 1.82) is 0 Å². The highest BCUT2D eigenvalue weighted by molar-refractivity contribution is 5.83. The van der Waals surface area contributed by atoms with Crippen LogP contribution in [0.4, 0.5) is 5.69 Å². The summed E-state index contributed by atoms with van der Waals surface area (Å²) in [6, 6.07) is 8.17. The zero-order valence-corrected chi connectivity index (χ0v) is 11.2. The molecule has 1 heterocycles. The second kappa shape index (κ2) is 5.15. The molecule has 3 rings (SSSR count). The van der Waals surface area contributed by atoms with Crippen LogP contribution in [-0.2, 0) is 16.0 Å². The number of carboxylic acids is 1. The molecule has 1 saturated carbocycles. The summed E-state index contributed by atoms with van der Waals surface area (Å²) >= 11 is 0. The van der Waals surface area contributed by atoms with Gasteiger partial charge in [-0.3, -0.25) is 9.59 Å². The Morgan fingerprint density at radius 2 is 2.05 bits per heavy atom. The number of hydrogen-bond donors (Lipinski definition) is 2. The van der Waals surface area contributed by atoms with Crippen molar-refractivity contribution in [2.75, 3.05) is 18.0 Å². The third kappa shape index (κ3) is 2.48. The Morgan fingerprint density at radius 3 is 2.80 bits per heavy atom. The van der Waals surface area contributed by atoms with Crippen LogP contribution in [0.25, 0.3) is 0 Å². The van der Waals surface area contributed by atoms with Crippen LogP contribution in [0.2, 0.25) is 0 Å². The van der Waals surface area contributed by atoms with Crippen molar-refractivity contribution in [3.05, 3.63) is 29.8 Å². The van der Waals surface area contributed by atoms with Crippen LogP contribution < -0.4 is 10.2 Å². The largest absolute Gasteiger partial charge is 0.481 e. The number of aliphatic carboxylic acids is 1. The maximum Gasteiger partial charge on any atom is 0.306 e. The summed E-state index contributed by atoms with van der Waals surface area (Å²) in [5, 5.41) is 11.7. The van der Waals surface area contributed by atoms with Crippen LogP contribution in [-0.4, -0.2) is 36.1 Å². The molecule has 0 bridgehead atoms. The van der Waals surface area contributed by atoms with Gasteiger partial charge in [0.15, 0.2) is 0 Å². The zero-order chi connectivity index (χ0) is 14.1. The zero-order valence-electron chi connectivity index (χ0n) is 11.2. The third-order valence-electron chi connectivity index (χ3n) is 4.17. The molecule has 0 unspecified atom stereocenters. The highest BCUT2D eigenvalue weighted by atomic mass is 16.4. The lowest BCUT2D eigenvalue weighted by Crippen LogP contribution is -2.49. The summed E-state index contributed by atoms with van der Waals surface area (Å²) in [5.41, 5.74) is 2.43. The summed E-state index contributed by atoms with van der Waals surface area (Å²) in [7, 11) is 0. The quantitative estimate of drug-likeness (QED) is 0.860. The average Bonchev–Trinajstić information content (AvgIpc) is 2.76. The van der Waals surface area contributed by atoms with Crippen molar-refractivity contribution in [3.8, 4) is 0 Å². The first-order valence-corrected chi connectivity index (χ1v) is 6.98. The van der Waals surface area contributed by atoms with Crippen molar-refractivity contribution in [2.45, 2.75) is 25.3 Å². The van der Waals surface area contributed by atoms with Gasteiger partial charge in [-0.05, 0) is 30.9 Å². The van der Waals surface area contributed by atoms with Gasteiger partial charge in [0.1, 0.15) is 0 Å². The summed E-state index contributed by atoms with van der Waals surface area (Å²) in [6.45, 7) is 1.22. The van der Waals surface area contributed by atoms with E-state index in [-0.39, 0.29) is 17.9 Å². The standard InChI is InChI=1S/C15H18N2O3/c18-14(16-12-7-11(8-12)15(19)20)9-17-6-5-10-3-1-2-4-13(10)17/h1-4,11-12H,5-9H2,(H,16,18)(H,19,20). The smallest absolute Gasteiger partial charge is 0.306 e. The Balaban J connectivity index is 1.50. The molecule has 0 atom stereocenters. The molecule has 5 heteroatoms. The highest BCUT2D eigenvalue weighted by Crippen LogP contribution is 2.28. The molecule has 20 heavy (non-hydrogen) atoms. The first-order chi connectivity index (χ1) is 9.63. The first kappa shape index (κ1) is 13.0. The fourth-order valence-electron chi connectivity index (χ4n) is 2.95. The minimum absolute atomic E-state index is 0.0180. The number of hydrogen-bond acceptors (Lipinski definition) is 3. The van der Waals surface area contributed by atoms with E-state index in [1.165, 1.54) is 5.56 Å². The Kier molecular flexibility index (Phi) is 3.34. The molecule has 0 saturated heterocycles. The van der Waals surface area contributed by atoms with Gasteiger partial charge in [0, 0.05) is 18.3 Å². The van der Waals surface area contributed by atoms with E-state index in [2.05, 4.69) is 16.3 Å². The number of carbonyl (C=O) groups excluding carboxylic acids is 1. The van der Waals surface area contributed by atoms with Gasteiger partial charge < -0.3 is 15.3 Å². The maximum atomic E-state index is 12.0. The number of anilines is 1. The van der Waals surface area contributed by atoms with Gasteiger partial charge in [-0.25, -0.2) is 0 Å². The Labute approximate surface area is 117 Å². The number of rotatable bonds is 4. The SMILES string of the molecule is O=C(CN1CCc2ccccc21)NC1CC(C(=O)O)C1. The van der Waals surface area contributed by atoms with Crippen molar-refractivity contribution >= 4 is 17.6 Å². The molecule has 1 aromatic carbocycles. The van der Waals surface area contributed by atoms with E-state index in [1.54, 1.807) is 0 Å². The van der Waals surface area contributed by atoms with E-state index in [0.29, 0.717) is 19.4 Å². The fraction of sp³-hybridized carbons (Fsp3) is 0.467. The minimum atomic E-state index is -0.760. The first-order valence-electron chi connectivity index (χ1n) is 6.98.